The highest BCUT2D eigenvalue weighted by Crippen LogP contribution is 2.48. The molecule has 2 aliphatic rings. The molecule has 5 heteroatoms. The molecule has 4 nitrogen and oxygen atoms in total. The van der Waals surface area contributed by atoms with Crippen molar-refractivity contribution >= 4 is 23.2 Å². The van der Waals surface area contributed by atoms with Crippen LogP contribution in [0.3, 0.4) is 0 Å². The Balaban J connectivity index is 1.35. The van der Waals surface area contributed by atoms with E-state index in [-0.39, 0.29) is 36.2 Å². The Hall–Kier alpha value is -2.92. The monoisotopic (exact) mass is 472 g/mol. The van der Waals surface area contributed by atoms with Gasteiger partial charge in [0.05, 0.1) is 12.6 Å². The van der Waals surface area contributed by atoms with Gasteiger partial charge in [-0.3, -0.25) is 9.59 Å². The summed E-state index contributed by atoms with van der Waals surface area (Å²) < 4.78 is 0. The van der Waals surface area contributed by atoms with E-state index >= 15 is 0 Å². The van der Waals surface area contributed by atoms with E-state index in [1.165, 1.54) is 16.0 Å². The molecule has 0 radical (unpaired) electrons. The topological polar surface area (TPSA) is 40.6 Å². The van der Waals surface area contributed by atoms with Gasteiger partial charge in [-0.2, -0.15) is 0 Å². The van der Waals surface area contributed by atoms with Crippen molar-refractivity contribution in [3.63, 3.8) is 0 Å². The number of carbonyl (C=O) groups excluding carboxylic acids is 2. The number of benzene rings is 2. The van der Waals surface area contributed by atoms with Gasteiger partial charge in [0.25, 0.3) is 0 Å². The van der Waals surface area contributed by atoms with E-state index in [2.05, 4.69) is 49.6 Å². The summed E-state index contributed by atoms with van der Waals surface area (Å²) >= 11 is 1.77. The molecule has 3 aromatic rings. The van der Waals surface area contributed by atoms with Crippen LogP contribution in [-0.2, 0) is 16.0 Å². The molecule has 0 saturated heterocycles. The fourth-order valence-corrected chi connectivity index (χ4v) is 6.18. The average Bonchev–Trinajstić information content (AvgIpc) is 3.51. The minimum absolute atomic E-state index is 0.0105. The van der Waals surface area contributed by atoms with Gasteiger partial charge in [-0.05, 0) is 52.8 Å². The van der Waals surface area contributed by atoms with E-state index in [1.807, 2.05) is 46.2 Å². The van der Waals surface area contributed by atoms with Crippen LogP contribution < -0.4 is 0 Å². The van der Waals surface area contributed by atoms with Crippen molar-refractivity contribution in [2.75, 3.05) is 19.6 Å². The van der Waals surface area contributed by atoms with Crippen molar-refractivity contribution in [3.8, 4) is 0 Å². The SMILES string of the molecule is CC(C)CN(CC(=O)N1CCc2sccc2[C@H]1c1ccccc1)C(=O)[C@H]1C[C@H]1c1ccccc1. The zero-order valence-electron chi connectivity index (χ0n) is 19.9. The second-order valence-corrected chi connectivity index (χ2v) is 10.9. The highest BCUT2D eigenvalue weighted by molar-refractivity contribution is 7.10. The second kappa shape index (κ2) is 9.75. The van der Waals surface area contributed by atoms with Gasteiger partial charge in [0, 0.05) is 23.9 Å². The minimum atomic E-state index is -0.0855. The number of rotatable bonds is 7. The van der Waals surface area contributed by atoms with Crippen LogP contribution in [0, 0.1) is 11.8 Å². The van der Waals surface area contributed by atoms with Gasteiger partial charge in [0.15, 0.2) is 0 Å². The third-order valence-corrected chi connectivity index (χ3v) is 7.96. The molecule has 0 N–H and O–H groups in total. The number of hydrogen-bond donors (Lipinski definition) is 0. The molecule has 0 bridgehead atoms. The van der Waals surface area contributed by atoms with Gasteiger partial charge < -0.3 is 9.80 Å². The summed E-state index contributed by atoms with van der Waals surface area (Å²) in [6, 6.07) is 22.6. The first-order chi connectivity index (χ1) is 16.5. The van der Waals surface area contributed by atoms with Crippen molar-refractivity contribution in [1.29, 1.82) is 0 Å². The molecule has 1 saturated carbocycles. The van der Waals surface area contributed by atoms with Gasteiger partial charge in [-0.25, -0.2) is 0 Å². The van der Waals surface area contributed by atoms with E-state index in [0.29, 0.717) is 19.0 Å². The fraction of sp³-hybridized carbons (Fsp3) is 0.379. The average molecular weight is 473 g/mol. The summed E-state index contributed by atoms with van der Waals surface area (Å²) in [6.45, 7) is 5.66. The molecule has 3 atom stereocenters. The van der Waals surface area contributed by atoms with Gasteiger partial charge >= 0.3 is 0 Å². The predicted molar refractivity (Wildman–Crippen MR) is 137 cm³/mol. The van der Waals surface area contributed by atoms with Crippen LogP contribution in [0.15, 0.2) is 72.1 Å². The number of amides is 2. The largest absolute Gasteiger partial charge is 0.333 e. The third-order valence-electron chi connectivity index (χ3n) is 6.96. The molecular weight excluding hydrogens is 440 g/mol. The summed E-state index contributed by atoms with van der Waals surface area (Å²) in [5.41, 5.74) is 3.58. The van der Waals surface area contributed by atoms with Gasteiger partial charge in [0.2, 0.25) is 11.8 Å². The molecule has 2 aromatic carbocycles. The molecule has 5 rings (SSSR count). The van der Waals surface area contributed by atoms with Crippen LogP contribution in [0.2, 0.25) is 0 Å². The van der Waals surface area contributed by atoms with E-state index < -0.39 is 0 Å². The maximum atomic E-state index is 13.7. The third kappa shape index (κ3) is 4.67. The molecule has 2 heterocycles. The van der Waals surface area contributed by atoms with Crippen molar-refractivity contribution in [2.24, 2.45) is 11.8 Å². The molecule has 0 unspecified atom stereocenters. The fourth-order valence-electron chi connectivity index (χ4n) is 5.28. The first-order valence-corrected chi connectivity index (χ1v) is 13.1. The molecule has 1 fully saturated rings. The molecule has 2 amide bonds. The molecule has 0 spiro atoms. The highest BCUT2D eigenvalue weighted by Gasteiger charge is 2.46. The summed E-state index contributed by atoms with van der Waals surface area (Å²) in [4.78, 5) is 32.4. The molecule has 34 heavy (non-hydrogen) atoms. The van der Waals surface area contributed by atoms with Crippen LogP contribution in [0.4, 0.5) is 0 Å². The predicted octanol–water partition coefficient (Wildman–Crippen LogP) is 5.51. The van der Waals surface area contributed by atoms with Gasteiger partial charge in [-0.15, -0.1) is 11.3 Å². The number of carbonyl (C=O) groups is 2. The van der Waals surface area contributed by atoms with Crippen molar-refractivity contribution in [3.05, 3.63) is 93.7 Å². The Bertz CT molecular complexity index is 1140. The summed E-state index contributed by atoms with van der Waals surface area (Å²) in [5.74, 6) is 0.736. The van der Waals surface area contributed by atoms with E-state index in [9.17, 15) is 9.59 Å². The van der Waals surface area contributed by atoms with Crippen molar-refractivity contribution < 1.29 is 9.59 Å². The second-order valence-electron chi connectivity index (χ2n) is 9.92. The normalized spacial score (nSPS) is 21.3. The maximum absolute atomic E-state index is 13.7. The maximum Gasteiger partial charge on any atom is 0.242 e. The van der Waals surface area contributed by atoms with Crippen molar-refractivity contribution in [2.45, 2.75) is 38.6 Å². The molecule has 1 aliphatic carbocycles. The first kappa shape index (κ1) is 22.9. The molecule has 1 aliphatic heterocycles. The summed E-state index contributed by atoms with van der Waals surface area (Å²) in [6.07, 6.45) is 1.75. The van der Waals surface area contributed by atoms with E-state index in [1.54, 1.807) is 11.3 Å². The minimum Gasteiger partial charge on any atom is -0.333 e. The first-order valence-electron chi connectivity index (χ1n) is 12.3. The lowest BCUT2D eigenvalue weighted by molar-refractivity contribution is -0.142. The highest BCUT2D eigenvalue weighted by atomic mass is 32.1. The van der Waals surface area contributed by atoms with Crippen molar-refractivity contribution in [1.82, 2.24) is 9.80 Å². The summed E-state index contributed by atoms with van der Waals surface area (Å²) in [5, 5.41) is 2.12. The van der Waals surface area contributed by atoms with E-state index in [0.717, 1.165) is 18.4 Å². The van der Waals surface area contributed by atoms with Crippen LogP contribution in [-0.4, -0.2) is 41.2 Å². The van der Waals surface area contributed by atoms with Crippen LogP contribution in [0.25, 0.3) is 0 Å². The lowest BCUT2D eigenvalue weighted by atomic mass is 9.93. The van der Waals surface area contributed by atoms with Crippen LogP contribution in [0.5, 0.6) is 0 Å². The molecule has 176 valence electrons. The Morgan fingerprint density at radius 3 is 2.35 bits per heavy atom. The molecule has 1 aromatic heterocycles. The number of thiophene rings is 1. The zero-order chi connectivity index (χ0) is 23.7. The van der Waals surface area contributed by atoms with Crippen LogP contribution >= 0.6 is 11.3 Å². The van der Waals surface area contributed by atoms with E-state index in [4.69, 9.17) is 0 Å². The Labute approximate surface area is 206 Å². The smallest absolute Gasteiger partial charge is 0.242 e. The van der Waals surface area contributed by atoms with Gasteiger partial charge in [0.1, 0.15) is 0 Å². The molecular formula is C29H32N2O2S. The number of nitrogens with zero attached hydrogens (tertiary/aromatic N) is 2. The van der Waals surface area contributed by atoms with Gasteiger partial charge in [-0.1, -0.05) is 74.5 Å². The Kier molecular flexibility index (Phi) is 6.55. The lowest BCUT2D eigenvalue weighted by Gasteiger charge is -2.38. The lowest BCUT2D eigenvalue weighted by Crippen LogP contribution is -2.48. The van der Waals surface area contributed by atoms with Crippen LogP contribution in [0.1, 0.15) is 53.8 Å². The number of hydrogen-bond acceptors (Lipinski definition) is 3. The quantitative estimate of drug-likeness (QED) is 0.455. The Morgan fingerprint density at radius 1 is 1.00 bits per heavy atom. The zero-order valence-corrected chi connectivity index (χ0v) is 20.7. The standard InChI is InChI=1S/C29H32N2O2S/c1-20(2)18-30(29(33)25-17-24(25)21-9-5-3-6-10-21)19-27(32)31-15-13-26-23(14-16-34-26)28(31)22-11-7-4-8-12-22/h3-12,14,16,20,24-25,28H,13,15,17-19H2,1-2H3/t24-,25-,28+/m0/s1. The summed E-state index contributed by atoms with van der Waals surface area (Å²) in [7, 11) is 0. The Morgan fingerprint density at radius 2 is 1.68 bits per heavy atom. The number of fused-ring (bicyclic) bond motifs is 1.